The molecule has 4 nitrogen and oxygen atoms in total. The highest BCUT2D eigenvalue weighted by Gasteiger charge is 2.17. The first-order valence-electron chi connectivity index (χ1n) is 5.93. The Labute approximate surface area is 130 Å². The maximum Gasteiger partial charge on any atom is 0.266 e. The van der Waals surface area contributed by atoms with Crippen LogP contribution in [0, 0.1) is 0 Å². The third-order valence-electron chi connectivity index (χ3n) is 2.89. The molecule has 0 saturated heterocycles. The summed E-state index contributed by atoms with van der Waals surface area (Å²) in [6, 6.07) is 7.46. The van der Waals surface area contributed by atoms with E-state index >= 15 is 0 Å². The zero-order chi connectivity index (χ0) is 14.7. The predicted molar refractivity (Wildman–Crippen MR) is 85.2 cm³/mol. The first-order valence-corrected chi connectivity index (χ1v) is 7.61. The van der Waals surface area contributed by atoms with Crippen LogP contribution >= 0.6 is 27.3 Å². The maximum atomic E-state index is 12.3. The van der Waals surface area contributed by atoms with Gasteiger partial charge in [0.1, 0.15) is 10.6 Å². The highest BCUT2D eigenvalue weighted by atomic mass is 79.9. The topological polar surface area (TPSA) is 55.6 Å². The monoisotopic (exact) mass is 354 g/mol. The number of nitrogens with two attached hydrogens (primary N) is 1. The van der Waals surface area contributed by atoms with E-state index < -0.39 is 0 Å². The number of carbonyl (C=O) groups excluding carboxylic acids is 1. The number of ether oxygens (including phenoxy) is 1. The fraction of sp³-hybridized carbons (Fsp3) is 0.214. The van der Waals surface area contributed by atoms with Crippen LogP contribution in [0.15, 0.2) is 34.1 Å². The van der Waals surface area contributed by atoms with E-state index in [-0.39, 0.29) is 5.91 Å². The molecule has 0 aliphatic heterocycles. The number of hydrogen-bond donors (Lipinski definition) is 1. The SMILES string of the molecule is COc1ccc(Br)cc1CN(C)C(=O)c1sccc1N. The van der Waals surface area contributed by atoms with Crippen molar-refractivity contribution in [3.8, 4) is 5.75 Å². The first kappa shape index (κ1) is 14.9. The molecule has 0 atom stereocenters. The van der Waals surface area contributed by atoms with Crippen molar-refractivity contribution in [1.82, 2.24) is 4.90 Å². The lowest BCUT2D eigenvalue weighted by Crippen LogP contribution is -2.26. The minimum Gasteiger partial charge on any atom is -0.496 e. The molecule has 1 aromatic carbocycles. The largest absolute Gasteiger partial charge is 0.496 e. The number of rotatable bonds is 4. The molecule has 2 N–H and O–H groups in total. The number of amides is 1. The Morgan fingerprint density at radius 3 is 2.80 bits per heavy atom. The van der Waals surface area contributed by atoms with Gasteiger partial charge in [0.15, 0.2) is 0 Å². The number of methoxy groups -OCH3 is 1. The van der Waals surface area contributed by atoms with E-state index in [4.69, 9.17) is 10.5 Å². The van der Waals surface area contributed by atoms with Crippen molar-refractivity contribution < 1.29 is 9.53 Å². The van der Waals surface area contributed by atoms with E-state index in [9.17, 15) is 4.79 Å². The third-order valence-corrected chi connectivity index (χ3v) is 4.30. The summed E-state index contributed by atoms with van der Waals surface area (Å²) in [7, 11) is 3.37. The van der Waals surface area contributed by atoms with Gasteiger partial charge in [-0.15, -0.1) is 11.3 Å². The predicted octanol–water partition coefficient (Wildman–Crippen LogP) is 3.37. The number of benzene rings is 1. The molecule has 0 bridgehead atoms. The molecule has 6 heteroatoms. The number of thiophene rings is 1. The number of carbonyl (C=O) groups is 1. The van der Waals surface area contributed by atoms with Gasteiger partial charge in [-0.2, -0.15) is 0 Å². The van der Waals surface area contributed by atoms with Crippen LogP contribution in [0.4, 0.5) is 5.69 Å². The van der Waals surface area contributed by atoms with Crippen molar-refractivity contribution in [3.63, 3.8) is 0 Å². The summed E-state index contributed by atoms with van der Waals surface area (Å²) in [5, 5.41) is 1.82. The van der Waals surface area contributed by atoms with Crippen LogP contribution < -0.4 is 10.5 Å². The molecular formula is C14H15BrN2O2S. The fourth-order valence-corrected chi connectivity index (χ4v) is 3.08. The number of nitrogens with zero attached hydrogens (tertiary/aromatic N) is 1. The Kier molecular flexibility index (Phi) is 4.67. The number of halogens is 1. The van der Waals surface area contributed by atoms with Gasteiger partial charge >= 0.3 is 0 Å². The standard InChI is InChI=1S/C14H15BrN2O2S/c1-17(14(18)13-11(16)5-6-20-13)8-9-7-10(15)3-4-12(9)19-2/h3-7H,8,16H2,1-2H3. The van der Waals surface area contributed by atoms with Crippen LogP contribution in [0.3, 0.4) is 0 Å². The van der Waals surface area contributed by atoms with Gasteiger partial charge in [0.05, 0.1) is 12.8 Å². The van der Waals surface area contributed by atoms with Gasteiger partial charge in [-0.1, -0.05) is 15.9 Å². The Morgan fingerprint density at radius 2 is 2.20 bits per heavy atom. The number of nitrogen functional groups attached to an aromatic ring is 1. The average Bonchev–Trinajstić information content (AvgIpc) is 2.84. The summed E-state index contributed by atoms with van der Waals surface area (Å²) in [6.45, 7) is 0.457. The minimum atomic E-state index is -0.0838. The second-order valence-electron chi connectivity index (χ2n) is 4.32. The lowest BCUT2D eigenvalue weighted by atomic mass is 10.2. The van der Waals surface area contributed by atoms with Gasteiger partial charge in [-0.05, 0) is 29.6 Å². The molecule has 1 heterocycles. The van der Waals surface area contributed by atoms with Gasteiger partial charge in [-0.3, -0.25) is 4.79 Å². The van der Waals surface area contributed by atoms with Crippen LogP contribution in [-0.4, -0.2) is 25.0 Å². The lowest BCUT2D eigenvalue weighted by molar-refractivity contribution is 0.0790. The second kappa shape index (κ2) is 6.28. The van der Waals surface area contributed by atoms with E-state index in [1.165, 1.54) is 11.3 Å². The van der Waals surface area contributed by atoms with Crippen molar-refractivity contribution in [1.29, 1.82) is 0 Å². The first-order chi connectivity index (χ1) is 9.52. The van der Waals surface area contributed by atoms with Crippen molar-refractivity contribution in [3.05, 3.63) is 44.6 Å². The molecule has 106 valence electrons. The number of anilines is 1. The van der Waals surface area contributed by atoms with Crippen molar-refractivity contribution in [2.75, 3.05) is 19.9 Å². The van der Waals surface area contributed by atoms with Crippen molar-refractivity contribution in [2.24, 2.45) is 0 Å². The van der Waals surface area contributed by atoms with Crippen LogP contribution in [0.1, 0.15) is 15.2 Å². The third kappa shape index (κ3) is 3.13. The summed E-state index contributed by atoms with van der Waals surface area (Å²) < 4.78 is 6.26. The van der Waals surface area contributed by atoms with E-state index in [0.717, 1.165) is 15.8 Å². The normalized spacial score (nSPS) is 10.3. The van der Waals surface area contributed by atoms with Gasteiger partial charge in [0.25, 0.3) is 5.91 Å². The van der Waals surface area contributed by atoms with E-state index in [1.807, 2.05) is 23.6 Å². The Hall–Kier alpha value is -1.53. The van der Waals surface area contributed by atoms with Crippen LogP contribution in [-0.2, 0) is 6.54 Å². The van der Waals surface area contributed by atoms with E-state index in [2.05, 4.69) is 15.9 Å². The van der Waals surface area contributed by atoms with Crippen LogP contribution in [0.5, 0.6) is 5.75 Å². The van der Waals surface area contributed by atoms with Crippen LogP contribution in [0.2, 0.25) is 0 Å². The Balaban J connectivity index is 2.20. The summed E-state index contributed by atoms with van der Waals surface area (Å²) >= 11 is 4.78. The van der Waals surface area contributed by atoms with Gasteiger partial charge in [-0.25, -0.2) is 0 Å². The van der Waals surface area contributed by atoms with Crippen LogP contribution in [0.25, 0.3) is 0 Å². The average molecular weight is 355 g/mol. The quantitative estimate of drug-likeness (QED) is 0.915. The zero-order valence-corrected chi connectivity index (χ0v) is 13.6. The molecule has 1 amide bonds. The van der Waals surface area contributed by atoms with Gasteiger partial charge in [0.2, 0.25) is 0 Å². The molecular weight excluding hydrogens is 340 g/mol. The Morgan fingerprint density at radius 1 is 1.45 bits per heavy atom. The molecule has 2 rings (SSSR count). The molecule has 20 heavy (non-hydrogen) atoms. The second-order valence-corrected chi connectivity index (χ2v) is 6.15. The summed E-state index contributed by atoms with van der Waals surface area (Å²) in [4.78, 5) is 14.5. The molecule has 1 aromatic heterocycles. The maximum absolute atomic E-state index is 12.3. The lowest BCUT2D eigenvalue weighted by Gasteiger charge is -2.18. The van der Waals surface area contributed by atoms with Gasteiger partial charge in [0, 0.05) is 23.6 Å². The minimum absolute atomic E-state index is 0.0838. The highest BCUT2D eigenvalue weighted by molar-refractivity contribution is 9.10. The molecule has 0 aliphatic carbocycles. The van der Waals surface area contributed by atoms with Gasteiger partial charge < -0.3 is 15.4 Å². The summed E-state index contributed by atoms with van der Waals surface area (Å²) in [5.41, 5.74) is 7.24. The van der Waals surface area contributed by atoms with E-state index in [0.29, 0.717) is 17.1 Å². The molecule has 2 aromatic rings. The highest BCUT2D eigenvalue weighted by Crippen LogP contribution is 2.26. The molecule has 0 unspecified atom stereocenters. The van der Waals surface area contributed by atoms with Crippen molar-refractivity contribution >= 4 is 38.9 Å². The van der Waals surface area contributed by atoms with E-state index in [1.54, 1.807) is 25.1 Å². The smallest absolute Gasteiger partial charge is 0.266 e. The molecule has 0 spiro atoms. The Bertz CT molecular complexity index is 627. The molecule has 0 radical (unpaired) electrons. The summed E-state index contributed by atoms with van der Waals surface area (Å²) in [6.07, 6.45) is 0. The summed E-state index contributed by atoms with van der Waals surface area (Å²) in [5.74, 6) is 0.673. The number of hydrogen-bond acceptors (Lipinski definition) is 4. The fourth-order valence-electron chi connectivity index (χ4n) is 1.86. The molecule has 0 saturated carbocycles. The molecule has 0 fully saturated rings. The van der Waals surface area contributed by atoms with Crippen molar-refractivity contribution in [2.45, 2.75) is 6.54 Å². The molecule has 0 aliphatic rings. The zero-order valence-electron chi connectivity index (χ0n) is 11.2.